The Kier molecular flexibility index (Phi) is 11.7. The molecule has 1 aliphatic rings. The van der Waals surface area contributed by atoms with E-state index in [1.807, 2.05) is 0 Å². The first-order chi connectivity index (χ1) is 11.4. The number of carbonyl (C=O) groups excluding carboxylic acids is 1. The second kappa shape index (κ2) is 12.0. The number of hydrogen-bond donors (Lipinski definition) is 2. The molecule has 0 saturated carbocycles. The van der Waals surface area contributed by atoms with E-state index in [0.29, 0.717) is 6.54 Å². The number of benzene rings is 1. The summed E-state index contributed by atoms with van der Waals surface area (Å²) in [5.74, 6) is -0.565. The molecule has 150 valence electrons. The lowest BCUT2D eigenvalue weighted by atomic mass is 10.2. The van der Waals surface area contributed by atoms with E-state index < -0.39 is 16.0 Å². The number of hydrogen-bond acceptors (Lipinski definition) is 6. The summed E-state index contributed by atoms with van der Waals surface area (Å²) in [5, 5.41) is 3.27. The Labute approximate surface area is 171 Å². The molecule has 0 radical (unpaired) electrons. The standard InChI is InChI=1S/C15H22ClN3O4S.2ClH/c1-23-15(20)12-3-4-14(13(16)11-12)24(21,22)18-5-2-8-19-9-6-17-7-10-19;;/h3-4,11,17-18H,2,5-10H2,1H3;2*1H. The number of nitrogens with zero attached hydrogens (tertiary/aromatic N) is 1. The number of methoxy groups -OCH3 is 1. The Balaban J connectivity index is 0.00000312. The second-order valence-electron chi connectivity index (χ2n) is 5.48. The lowest BCUT2D eigenvalue weighted by Gasteiger charge is -2.27. The van der Waals surface area contributed by atoms with Crippen molar-refractivity contribution in [3.8, 4) is 0 Å². The van der Waals surface area contributed by atoms with E-state index >= 15 is 0 Å². The minimum Gasteiger partial charge on any atom is -0.465 e. The maximum Gasteiger partial charge on any atom is 0.337 e. The van der Waals surface area contributed by atoms with Crippen LogP contribution in [-0.4, -0.2) is 65.7 Å². The van der Waals surface area contributed by atoms with Crippen LogP contribution < -0.4 is 10.0 Å². The SMILES string of the molecule is COC(=O)c1ccc(S(=O)(=O)NCCCN2CCNCC2)c(Cl)c1.Cl.Cl. The summed E-state index contributed by atoms with van der Waals surface area (Å²) in [6, 6.07) is 3.99. The van der Waals surface area contributed by atoms with Crippen molar-refractivity contribution in [1.82, 2.24) is 14.9 Å². The molecule has 0 aromatic heterocycles. The molecule has 2 rings (SSSR count). The van der Waals surface area contributed by atoms with Crippen molar-refractivity contribution in [3.63, 3.8) is 0 Å². The maximum atomic E-state index is 12.3. The highest BCUT2D eigenvalue weighted by Gasteiger charge is 2.19. The van der Waals surface area contributed by atoms with Gasteiger partial charge in [-0.05, 0) is 31.2 Å². The van der Waals surface area contributed by atoms with Gasteiger partial charge < -0.3 is 15.0 Å². The van der Waals surface area contributed by atoms with Crippen molar-refractivity contribution < 1.29 is 17.9 Å². The van der Waals surface area contributed by atoms with Crippen LogP contribution in [0.3, 0.4) is 0 Å². The fraction of sp³-hybridized carbons (Fsp3) is 0.533. The molecule has 0 amide bonds. The van der Waals surface area contributed by atoms with E-state index in [-0.39, 0.29) is 40.3 Å². The summed E-state index contributed by atoms with van der Waals surface area (Å²) in [5.41, 5.74) is 0.208. The number of carbonyl (C=O) groups is 1. The van der Waals surface area contributed by atoms with E-state index in [2.05, 4.69) is 19.7 Å². The summed E-state index contributed by atoms with van der Waals surface area (Å²) in [6.45, 7) is 5.07. The van der Waals surface area contributed by atoms with Crippen LogP contribution in [0.15, 0.2) is 23.1 Å². The number of ether oxygens (including phenoxy) is 1. The zero-order valence-electron chi connectivity index (χ0n) is 14.4. The Bertz CT molecular complexity index is 683. The summed E-state index contributed by atoms with van der Waals surface area (Å²) < 4.78 is 31.8. The summed E-state index contributed by atoms with van der Waals surface area (Å²) in [7, 11) is -2.46. The number of halogens is 3. The molecule has 0 bridgehead atoms. The molecule has 1 aromatic rings. The van der Waals surface area contributed by atoms with Gasteiger partial charge in [-0.15, -0.1) is 24.8 Å². The maximum absolute atomic E-state index is 12.3. The predicted octanol–water partition coefficient (Wildman–Crippen LogP) is 1.54. The van der Waals surface area contributed by atoms with Crippen molar-refractivity contribution in [3.05, 3.63) is 28.8 Å². The summed E-state index contributed by atoms with van der Waals surface area (Å²) in [4.78, 5) is 13.7. The molecule has 11 heteroatoms. The Morgan fingerprint density at radius 1 is 1.31 bits per heavy atom. The zero-order chi connectivity index (χ0) is 17.6. The van der Waals surface area contributed by atoms with Gasteiger partial charge in [0.05, 0.1) is 17.7 Å². The smallest absolute Gasteiger partial charge is 0.337 e. The van der Waals surface area contributed by atoms with E-state index in [1.165, 1.54) is 25.3 Å². The normalized spacial score (nSPS) is 14.8. The first-order valence-corrected chi connectivity index (χ1v) is 9.61. The summed E-state index contributed by atoms with van der Waals surface area (Å²) in [6.07, 6.45) is 0.719. The van der Waals surface area contributed by atoms with Crippen LogP contribution in [-0.2, 0) is 14.8 Å². The van der Waals surface area contributed by atoms with Crippen molar-refractivity contribution in [2.24, 2.45) is 0 Å². The number of piperazine rings is 1. The van der Waals surface area contributed by atoms with Gasteiger partial charge >= 0.3 is 5.97 Å². The van der Waals surface area contributed by atoms with Gasteiger partial charge in [-0.3, -0.25) is 0 Å². The van der Waals surface area contributed by atoms with Crippen molar-refractivity contribution >= 4 is 52.4 Å². The van der Waals surface area contributed by atoms with Crippen LogP contribution in [0, 0.1) is 0 Å². The minimum atomic E-state index is -3.71. The highest BCUT2D eigenvalue weighted by Crippen LogP contribution is 2.23. The van der Waals surface area contributed by atoms with Gasteiger partial charge in [0.2, 0.25) is 10.0 Å². The molecule has 1 aromatic carbocycles. The topological polar surface area (TPSA) is 87.7 Å². The second-order valence-corrected chi connectivity index (χ2v) is 7.62. The minimum absolute atomic E-state index is 0. The lowest BCUT2D eigenvalue weighted by Crippen LogP contribution is -2.44. The Morgan fingerprint density at radius 2 is 1.96 bits per heavy atom. The van der Waals surface area contributed by atoms with Gasteiger partial charge in [-0.1, -0.05) is 11.6 Å². The third-order valence-corrected chi connectivity index (χ3v) is 5.74. The molecule has 1 heterocycles. The highest BCUT2D eigenvalue weighted by atomic mass is 35.5. The zero-order valence-corrected chi connectivity index (χ0v) is 17.6. The lowest BCUT2D eigenvalue weighted by molar-refractivity contribution is 0.0600. The third-order valence-electron chi connectivity index (χ3n) is 3.80. The van der Waals surface area contributed by atoms with Crippen LogP contribution >= 0.6 is 36.4 Å². The predicted molar refractivity (Wildman–Crippen MR) is 106 cm³/mol. The van der Waals surface area contributed by atoms with Crippen LogP contribution in [0.5, 0.6) is 0 Å². The van der Waals surface area contributed by atoms with Gasteiger partial charge in [0.1, 0.15) is 4.90 Å². The largest absolute Gasteiger partial charge is 0.465 e. The molecule has 0 spiro atoms. The summed E-state index contributed by atoms with van der Waals surface area (Å²) >= 11 is 6.01. The van der Waals surface area contributed by atoms with Gasteiger partial charge in [-0.25, -0.2) is 17.9 Å². The molecular weight excluding hydrogens is 425 g/mol. The number of sulfonamides is 1. The van der Waals surface area contributed by atoms with Crippen LogP contribution in [0.25, 0.3) is 0 Å². The fourth-order valence-electron chi connectivity index (χ4n) is 2.49. The Hall–Kier alpha value is -0.610. The molecule has 0 atom stereocenters. The molecule has 1 saturated heterocycles. The van der Waals surface area contributed by atoms with Crippen molar-refractivity contribution in [2.75, 3.05) is 46.4 Å². The monoisotopic (exact) mass is 447 g/mol. The molecule has 1 fully saturated rings. The van der Waals surface area contributed by atoms with E-state index in [4.69, 9.17) is 11.6 Å². The molecule has 2 N–H and O–H groups in total. The molecule has 26 heavy (non-hydrogen) atoms. The fourth-order valence-corrected chi connectivity index (χ4v) is 4.10. The van der Waals surface area contributed by atoms with Crippen LogP contribution in [0.1, 0.15) is 16.8 Å². The first-order valence-electron chi connectivity index (χ1n) is 7.74. The van der Waals surface area contributed by atoms with Gasteiger partial charge in [0.15, 0.2) is 0 Å². The average Bonchev–Trinajstić information content (AvgIpc) is 2.58. The third kappa shape index (κ3) is 7.19. The molecule has 7 nitrogen and oxygen atoms in total. The van der Waals surface area contributed by atoms with Gasteiger partial charge in [0.25, 0.3) is 0 Å². The van der Waals surface area contributed by atoms with Crippen LogP contribution in [0.2, 0.25) is 5.02 Å². The number of esters is 1. The van der Waals surface area contributed by atoms with E-state index in [0.717, 1.165) is 39.1 Å². The van der Waals surface area contributed by atoms with Crippen molar-refractivity contribution in [1.29, 1.82) is 0 Å². The average molecular weight is 449 g/mol. The molecule has 0 aliphatic carbocycles. The molecule has 0 unspecified atom stereocenters. The van der Waals surface area contributed by atoms with Crippen molar-refractivity contribution in [2.45, 2.75) is 11.3 Å². The van der Waals surface area contributed by atoms with Crippen LogP contribution in [0.4, 0.5) is 0 Å². The quantitative estimate of drug-likeness (QED) is 0.486. The highest BCUT2D eigenvalue weighted by molar-refractivity contribution is 7.89. The molecular formula is C15H24Cl3N3O4S. The first kappa shape index (κ1) is 25.4. The van der Waals surface area contributed by atoms with Gasteiger partial charge in [0, 0.05) is 32.7 Å². The number of nitrogens with one attached hydrogen (secondary N) is 2. The number of rotatable bonds is 7. The Morgan fingerprint density at radius 3 is 2.54 bits per heavy atom. The van der Waals surface area contributed by atoms with E-state index in [9.17, 15) is 13.2 Å². The molecule has 1 aliphatic heterocycles. The van der Waals surface area contributed by atoms with Gasteiger partial charge in [-0.2, -0.15) is 0 Å². The van der Waals surface area contributed by atoms with E-state index in [1.54, 1.807) is 0 Å².